The highest BCUT2D eigenvalue weighted by Gasteiger charge is 2.17. The van der Waals surface area contributed by atoms with Gasteiger partial charge >= 0.3 is 5.97 Å². The fourth-order valence-electron chi connectivity index (χ4n) is 1.60. The van der Waals surface area contributed by atoms with Crippen LogP contribution in [-0.2, 0) is 15.6 Å². The molecule has 0 aliphatic rings. The Balaban J connectivity index is 2.31. The molecule has 1 aromatic heterocycles. The average Bonchev–Trinajstić information content (AvgIpc) is 2.39. The molecule has 0 amide bonds. The van der Waals surface area contributed by atoms with E-state index in [1.807, 2.05) is 0 Å². The number of halogens is 1. The maximum Gasteiger partial charge on any atom is 0.354 e. The number of rotatable bonds is 4. The van der Waals surface area contributed by atoms with Gasteiger partial charge < -0.3 is 5.11 Å². The number of sulfone groups is 1. The molecule has 1 heterocycles. The molecule has 0 fully saturated rings. The van der Waals surface area contributed by atoms with Gasteiger partial charge in [0.15, 0.2) is 9.84 Å². The van der Waals surface area contributed by atoms with Gasteiger partial charge in [-0.25, -0.2) is 18.2 Å². The molecule has 0 saturated heterocycles. The molecule has 0 atom stereocenters. The second-order valence-electron chi connectivity index (χ2n) is 4.03. The Morgan fingerprint density at radius 3 is 2.40 bits per heavy atom. The second-order valence-corrected chi connectivity index (χ2v) is 6.46. The number of nitrogens with zero attached hydrogens (tertiary/aromatic N) is 1. The summed E-state index contributed by atoms with van der Waals surface area (Å²) in [6, 6.07) is 10.0. The first-order valence-corrected chi connectivity index (χ1v) is 7.59. The van der Waals surface area contributed by atoms with Gasteiger partial charge in [-0.1, -0.05) is 17.7 Å². The van der Waals surface area contributed by atoms with E-state index in [-0.39, 0.29) is 22.0 Å². The molecule has 0 spiro atoms. The summed E-state index contributed by atoms with van der Waals surface area (Å²) in [5, 5.41) is 9.27. The quantitative estimate of drug-likeness (QED) is 0.937. The third-order valence-corrected chi connectivity index (χ3v) is 4.45. The first kappa shape index (κ1) is 14.5. The van der Waals surface area contributed by atoms with Crippen molar-refractivity contribution in [1.82, 2.24) is 4.98 Å². The van der Waals surface area contributed by atoms with E-state index in [4.69, 9.17) is 16.7 Å². The molecular formula is C13H10ClNO4S. The number of benzene rings is 1. The minimum absolute atomic E-state index is 0.115. The Morgan fingerprint density at radius 2 is 1.80 bits per heavy atom. The fraction of sp³-hybridized carbons (Fsp3) is 0.0769. The van der Waals surface area contributed by atoms with Crippen LogP contribution in [0.2, 0.25) is 5.02 Å². The van der Waals surface area contributed by atoms with Crippen molar-refractivity contribution in [3.63, 3.8) is 0 Å². The van der Waals surface area contributed by atoms with E-state index in [9.17, 15) is 13.2 Å². The van der Waals surface area contributed by atoms with Crippen LogP contribution in [0.5, 0.6) is 0 Å². The zero-order valence-electron chi connectivity index (χ0n) is 10.2. The Morgan fingerprint density at radius 1 is 1.15 bits per heavy atom. The standard InChI is InChI=1S/C13H10ClNO4S/c14-9-4-6-11(7-5-9)20(18,19)8-10-2-1-3-12(15-10)13(16)17/h1-7H,8H2,(H,16,17). The summed E-state index contributed by atoms with van der Waals surface area (Å²) in [6.07, 6.45) is 0. The molecule has 0 aliphatic carbocycles. The first-order valence-electron chi connectivity index (χ1n) is 5.56. The molecule has 5 nitrogen and oxygen atoms in total. The number of hydrogen-bond donors (Lipinski definition) is 1. The Bertz CT molecular complexity index is 741. The van der Waals surface area contributed by atoms with Gasteiger partial charge in [-0.05, 0) is 36.4 Å². The van der Waals surface area contributed by atoms with E-state index in [0.29, 0.717) is 5.02 Å². The summed E-state index contributed by atoms with van der Waals surface area (Å²) < 4.78 is 24.3. The largest absolute Gasteiger partial charge is 0.477 e. The van der Waals surface area contributed by atoms with Gasteiger partial charge in [0.25, 0.3) is 0 Å². The van der Waals surface area contributed by atoms with E-state index < -0.39 is 15.8 Å². The summed E-state index contributed by atoms with van der Waals surface area (Å²) >= 11 is 5.71. The lowest BCUT2D eigenvalue weighted by Crippen LogP contribution is -2.09. The number of hydrogen-bond acceptors (Lipinski definition) is 4. The number of aromatic carboxylic acids is 1. The summed E-state index contributed by atoms with van der Waals surface area (Å²) in [5.74, 6) is -1.56. The van der Waals surface area contributed by atoms with Crippen molar-refractivity contribution >= 4 is 27.4 Å². The van der Waals surface area contributed by atoms with Crippen LogP contribution in [0.3, 0.4) is 0 Å². The second kappa shape index (κ2) is 5.60. The molecule has 7 heteroatoms. The van der Waals surface area contributed by atoms with Crippen molar-refractivity contribution in [2.24, 2.45) is 0 Å². The molecule has 0 radical (unpaired) electrons. The third kappa shape index (κ3) is 3.34. The Hall–Kier alpha value is -1.92. The van der Waals surface area contributed by atoms with Crippen molar-refractivity contribution in [2.75, 3.05) is 0 Å². The number of carboxylic acids is 1. The topological polar surface area (TPSA) is 84.3 Å². The number of aromatic nitrogens is 1. The van der Waals surface area contributed by atoms with E-state index in [0.717, 1.165) is 0 Å². The monoisotopic (exact) mass is 311 g/mol. The summed E-state index contributed by atoms with van der Waals surface area (Å²) in [4.78, 5) is 14.7. The predicted octanol–water partition coefficient (Wildman–Crippen LogP) is 2.41. The van der Waals surface area contributed by atoms with Gasteiger partial charge in [-0.3, -0.25) is 0 Å². The average molecular weight is 312 g/mol. The molecule has 20 heavy (non-hydrogen) atoms. The van der Waals surface area contributed by atoms with Crippen LogP contribution in [0.15, 0.2) is 47.4 Å². The van der Waals surface area contributed by atoms with Crippen molar-refractivity contribution in [3.05, 3.63) is 58.9 Å². The van der Waals surface area contributed by atoms with Gasteiger partial charge in [0.1, 0.15) is 5.69 Å². The molecule has 0 saturated carbocycles. The molecule has 1 N–H and O–H groups in total. The Kier molecular flexibility index (Phi) is 4.06. The zero-order chi connectivity index (χ0) is 14.8. The highest BCUT2D eigenvalue weighted by molar-refractivity contribution is 7.90. The molecule has 0 aliphatic heterocycles. The smallest absolute Gasteiger partial charge is 0.354 e. The molecule has 1 aromatic carbocycles. The van der Waals surface area contributed by atoms with Crippen LogP contribution in [0.4, 0.5) is 0 Å². The van der Waals surface area contributed by atoms with Crippen LogP contribution in [0, 0.1) is 0 Å². The van der Waals surface area contributed by atoms with Crippen molar-refractivity contribution in [1.29, 1.82) is 0 Å². The SMILES string of the molecule is O=C(O)c1cccc(CS(=O)(=O)c2ccc(Cl)cc2)n1. The number of pyridine rings is 1. The highest BCUT2D eigenvalue weighted by Crippen LogP contribution is 2.18. The summed E-state index contributed by atoms with van der Waals surface area (Å²) in [5.41, 5.74) is -0.00587. The maximum atomic E-state index is 12.2. The predicted molar refractivity (Wildman–Crippen MR) is 73.5 cm³/mol. The number of carboxylic acid groups (broad SMARTS) is 1. The van der Waals surface area contributed by atoms with Crippen LogP contribution >= 0.6 is 11.6 Å². The molecular weight excluding hydrogens is 302 g/mol. The maximum absolute atomic E-state index is 12.2. The van der Waals surface area contributed by atoms with Gasteiger partial charge in [0, 0.05) is 5.02 Å². The van der Waals surface area contributed by atoms with Crippen LogP contribution in [-0.4, -0.2) is 24.5 Å². The van der Waals surface area contributed by atoms with E-state index in [1.165, 1.54) is 42.5 Å². The first-order chi connectivity index (χ1) is 9.38. The van der Waals surface area contributed by atoms with Gasteiger partial charge in [0.05, 0.1) is 16.3 Å². The molecule has 2 rings (SSSR count). The highest BCUT2D eigenvalue weighted by atomic mass is 35.5. The normalized spacial score (nSPS) is 11.2. The molecule has 0 unspecified atom stereocenters. The van der Waals surface area contributed by atoms with E-state index in [1.54, 1.807) is 0 Å². The Labute approximate surface area is 120 Å². The third-order valence-electron chi connectivity index (χ3n) is 2.54. The van der Waals surface area contributed by atoms with E-state index >= 15 is 0 Å². The van der Waals surface area contributed by atoms with Crippen molar-refractivity contribution < 1.29 is 18.3 Å². The lowest BCUT2D eigenvalue weighted by atomic mass is 10.3. The summed E-state index contributed by atoms with van der Waals surface area (Å²) in [6.45, 7) is 0. The fourth-order valence-corrected chi connectivity index (χ4v) is 2.99. The lowest BCUT2D eigenvalue weighted by Gasteiger charge is -2.05. The zero-order valence-corrected chi connectivity index (χ0v) is 11.7. The van der Waals surface area contributed by atoms with E-state index in [2.05, 4.69) is 4.98 Å². The molecule has 0 bridgehead atoms. The molecule has 2 aromatic rings. The lowest BCUT2D eigenvalue weighted by molar-refractivity contribution is 0.0690. The van der Waals surface area contributed by atoms with Crippen molar-refractivity contribution in [2.45, 2.75) is 10.6 Å². The van der Waals surface area contributed by atoms with Crippen molar-refractivity contribution in [3.8, 4) is 0 Å². The minimum atomic E-state index is -3.59. The van der Waals surface area contributed by atoms with Crippen LogP contribution in [0.1, 0.15) is 16.2 Å². The van der Waals surface area contributed by atoms with Gasteiger partial charge in [-0.2, -0.15) is 0 Å². The van der Waals surface area contributed by atoms with Gasteiger partial charge in [0.2, 0.25) is 0 Å². The minimum Gasteiger partial charge on any atom is -0.477 e. The number of carbonyl (C=O) groups is 1. The van der Waals surface area contributed by atoms with Gasteiger partial charge in [-0.15, -0.1) is 0 Å². The van der Waals surface area contributed by atoms with Crippen LogP contribution < -0.4 is 0 Å². The summed E-state index contributed by atoms with van der Waals surface area (Å²) in [7, 11) is -3.59. The van der Waals surface area contributed by atoms with Crippen LogP contribution in [0.25, 0.3) is 0 Å². The molecule has 104 valence electrons.